The summed E-state index contributed by atoms with van der Waals surface area (Å²) in [6.07, 6.45) is 0.662. The number of rotatable bonds is 1. The largest absolute Gasteiger partial charge is 3.00 e. The fourth-order valence-electron chi connectivity index (χ4n) is 1.36. The summed E-state index contributed by atoms with van der Waals surface area (Å²) in [6.45, 7) is 8.14. The molecule has 1 heterocycles. The van der Waals surface area contributed by atoms with Crippen molar-refractivity contribution in [2.45, 2.75) is 20.0 Å². The maximum Gasteiger partial charge on any atom is 3.00 e. The fourth-order valence-corrected chi connectivity index (χ4v) is 1.36. The molecule has 0 aromatic rings. The third kappa shape index (κ3) is 6.60. The molecule has 0 bridgehead atoms. The number of hydrogen-bond acceptors (Lipinski definition) is 2. The maximum absolute atomic E-state index is 2.47. The fraction of sp³-hybridized carbons (Fsp3) is 1.00. The van der Waals surface area contributed by atoms with E-state index in [0.29, 0.717) is 6.17 Å². The van der Waals surface area contributed by atoms with E-state index in [-0.39, 0.29) is 36.2 Å². The van der Waals surface area contributed by atoms with Crippen LogP contribution in [0.2, 0.25) is 0 Å². The van der Waals surface area contributed by atoms with Crippen LogP contribution in [-0.4, -0.2) is 60.0 Å². The molecule has 0 aromatic carbocycles. The van der Waals surface area contributed by atoms with E-state index in [1.165, 1.54) is 19.6 Å². The summed E-state index contributed by atoms with van der Waals surface area (Å²) in [5.74, 6) is 0. The zero-order chi connectivity index (χ0) is 6.85. The molecule has 0 amide bonds. The number of likely N-dealkylation sites (N-methyl/N-ethyl adjacent to an activating group) is 2. The van der Waals surface area contributed by atoms with E-state index < -0.39 is 0 Å². The molecule has 2 nitrogen and oxygen atoms in total. The summed E-state index contributed by atoms with van der Waals surface area (Å²) in [7, 11) is 2.18. The summed E-state index contributed by atoms with van der Waals surface area (Å²) in [6, 6.07) is 0. The minimum absolute atomic E-state index is 0. The van der Waals surface area contributed by atoms with Gasteiger partial charge in [0.25, 0.3) is 0 Å². The van der Waals surface area contributed by atoms with Gasteiger partial charge in [0.2, 0.25) is 0 Å². The van der Waals surface area contributed by atoms with Gasteiger partial charge in [-0.05, 0) is 20.5 Å². The molecular formula is C7H17AlF4N2. The molecule has 0 aromatic heterocycles. The zero-order valence-electron chi connectivity index (χ0n) is 8.71. The Morgan fingerprint density at radius 1 is 1.14 bits per heavy atom. The van der Waals surface area contributed by atoms with Crippen molar-refractivity contribution in [1.29, 1.82) is 0 Å². The maximum atomic E-state index is 2.47. The Morgan fingerprint density at radius 3 is 1.71 bits per heavy atom. The molecule has 0 N–H and O–H groups in total. The SMILES string of the molecule is CCN1CCN(C)C1C.F.[Al+3].[F-].[F-].[F-]. The summed E-state index contributed by atoms with van der Waals surface area (Å²) in [4.78, 5) is 4.85. The van der Waals surface area contributed by atoms with Crippen LogP contribution in [0.25, 0.3) is 0 Å². The predicted octanol–water partition coefficient (Wildman–Crippen LogP) is -8.62. The number of nitrogens with zero attached hydrogens (tertiary/aromatic N) is 2. The normalized spacial score (nSPS) is 20.4. The minimum atomic E-state index is 0. The Bertz CT molecular complexity index is 110. The van der Waals surface area contributed by atoms with Gasteiger partial charge in [0.15, 0.2) is 0 Å². The molecule has 0 saturated carbocycles. The van der Waals surface area contributed by atoms with E-state index in [1.807, 2.05) is 0 Å². The van der Waals surface area contributed by atoms with Crippen LogP contribution < -0.4 is 14.1 Å². The Kier molecular flexibility index (Phi) is 27.5. The smallest absolute Gasteiger partial charge is 1.00 e. The van der Waals surface area contributed by atoms with Crippen molar-refractivity contribution in [3.05, 3.63) is 0 Å². The van der Waals surface area contributed by atoms with Gasteiger partial charge in [0, 0.05) is 13.1 Å². The van der Waals surface area contributed by atoms with Gasteiger partial charge >= 0.3 is 17.4 Å². The topological polar surface area (TPSA) is 6.48 Å². The molecule has 0 aliphatic carbocycles. The Morgan fingerprint density at radius 2 is 1.57 bits per heavy atom. The predicted molar refractivity (Wildman–Crippen MR) is 47.6 cm³/mol. The van der Waals surface area contributed by atoms with Crippen molar-refractivity contribution in [3.8, 4) is 0 Å². The van der Waals surface area contributed by atoms with Crippen LogP contribution in [0.1, 0.15) is 13.8 Å². The third-order valence-corrected chi connectivity index (χ3v) is 2.31. The Balaban J connectivity index is -0.0000000540. The molecule has 7 heteroatoms. The van der Waals surface area contributed by atoms with Crippen LogP contribution >= 0.6 is 0 Å². The summed E-state index contributed by atoms with van der Waals surface area (Å²) < 4.78 is 0. The van der Waals surface area contributed by atoms with Gasteiger partial charge in [0.05, 0.1) is 6.17 Å². The summed E-state index contributed by atoms with van der Waals surface area (Å²) in [5.41, 5.74) is 0. The van der Waals surface area contributed by atoms with Gasteiger partial charge < -0.3 is 14.1 Å². The molecule has 1 unspecified atom stereocenters. The van der Waals surface area contributed by atoms with Gasteiger partial charge in [0.1, 0.15) is 0 Å². The van der Waals surface area contributed by atoms with E-state index >= 15 is 0 Å². The average Bonchev–Trinajstić information content (AvgIpc) is 2.15. The standard InChI is InChI=1S/C7H16N2.Al.4FH/c1-4-9-6-5-8(3)7(9)2;;;;;/h7H,4-6H2,1-3H3;;4*1H/q;+3;;;;/p-3. The first-order valence-electron chi connectivity index (χ1n) is 3.70. The second-order valence-corrected chi connectivity index (χ2v) is 2.74. The van der Waals surface area contributed by atoms with Gasteiger partial charge in [-0.3, -0.25) is 14.5 Å². The Hall–Kier alpha value is 0.172. The van der Waals surface area contributed by atoms with Gasteiger partial charge in [-0.2, -0.15) is 0 Å². The zero-order valence-corrected chi connectivity index (χ0v) is 9.87. The number of halogens is 4. The van der Waals surface area contributed by atoms with Crippen molar-refractivity contribution in [2.75, 3.05) is 26.7 Å². The molecule has 1 atom stereocenters. The Labute approximate surface area is 93.2 Å². The minimum Gasteiger partial charge on any atom is -1.00 e. The van der Waals surface area contributed by atoms with Gasteiger partial charge in [-0.1, -0.05) is 6.92 Å². The molecule has 1 fully saturated rings. The first kappa shape index (κ1) is 29.2. The first-order valence-corrected chi connectivity index (χ1v) is 3.70. The van der Waals surface area contributed by atoms with Crippen LogP contribution in [0.3, 0.4) is 0 Å². The van der Waals surface area contributed by atoms with E-state index in [0.717, 1.165) is 0 Å². The number of hydrogen-bond donors (Lipinski definition) is 0. The van der Waals surface area contributed by atoms with Crippen molar-refractivity contribution in [1.82, 2.24) is 9.80 Å². The first-order chi connectivity index (χ1) is 4.25. The molecule has 0 spiro atoms. The molecule has 1 saturated heterocycles. The molecule has 1 aliphatic rings. The molecule has 0 radical (unpaired) electrons. The summed E-state index contributed by atoms with van der Waals surface area (Å²) in [5, 5.41) is 0. The monoisotopic (exact) mass is 232 g/mol. The van der Waals surface area contributed by atoms with Crippen LogP contribution in [0, 0.1) is 0 Å². The molecular weight excluding hydrogens is 215 g/mol. The van der Waals surface area contributed by atoms with Gasteiger partial charge in [-0.15, -0.1) is 0 Å². The molecule has 86 valence electrons. The van der Waals surface area contributed by atoms with Crippen molar-refractivity contribution in [2.24, 2.45) is 0 Å². The second kappa shape index (κ2) is 13.2. The van der Waals surface area contributed by atoms with Crippen LogP contribution in [-0.2, 0) is 0 Å². The van der Waals surface area contributed by atoms with Crippen LogP contribution in [0.5, 0.6) is 0 Å². The van der Waals surface area contributed by atoms with E-state index in [9.17, 15) is 0 Å². The molecule has 1 aliphatic heterocycles. The average molecular weight is 232 g/mol. The van der Waals surface area contributed by atoms with Crippen LogP contribution in [0.4, 0.5) is 4.70 Å². The van der Waals surface area contributed by atoms with E-state index in [4.69, 9.17) is 0 Å². The van der Waals surface area contributed by atoms with E-state index in [2.05, 4.69) is 30.7 Å². The van der Waals surface area contributed by atoms with Crippen molar-refractivity contribution in [3.63, 3.8) is 0 Å². The summed E-state index contributed by atoms with van der Waals surface area (Å²) >= 11 is 0. The molecule has 14 heavy (non-hydrogen) atoms. The van der Waals surface area contributed by atoms with Gasteiger partial charge in [-0.25, -0.2) is 0 Å². The molecule has 1 rings (SSSR count). The van der Waals surface area contributed by atoms with Crippen molar-refractivity contribution >= 4 is 17.4 Å². The van der Waals surface area contributed by atoms with Crippen molar-refractivity contribution < 1.29 is 18.8 Å². The second-order valence-electron chi connectivity index (χ2n) is 2.74. The van der Waals surface area contributed by atoms with E-state index in [1.54, 1.807) is 0 Å². The van der Waals surface area contributed by atoms with Crippen LogP contribution in [0.15, 0.2) is 0 Å². The quantitative estimate of drug-likeness (QED) is 0.327. The third-order valence-electron chi connectivity index (χ3n) is 2.31.